The van der Waals surface area contributed by atoms with Gasteiger partial charge in [0.25, 0.3) is 0 Å². The molecule has 0 saturated heterocycles. The SMILES string of the molecule is c1ccc(-c2ccc(N(c3ccc(-c4cccc(-c5ccccc5)c4)cc3)c3ccc(-c4ccccc4-c4cccc5c4oc4ccccc45)cc3)cc2)cc1. The van der Waals surface area contributed by atoms with Crippen LogP contribution in [-0.4, -0.2) is 0 Å². The highest BCUT2D eigenvalue weighted by Gasteiger charge is 2.17. The van der Waals surface area contributed by atoms with Crippen LogP contribution in [0.2, 0.25) is 0 Å². The molecular formula is C54H37NO. The third-order valence-electron chi connectivity index (χ3n) is 10.7. The quantitative estimate of drug-likeness (QED) is 0.156. The van der Waals surface area contributed by atoms with Crippen molar-refractivity contribution < 1.29 is 4.42 Å². The first-order valence-electron chi connectivity index (χ1n) is 19.1. The van der Waals surface area contributed by atoms with Crippen LogP contribution in [0.15, 0.2) is 229 Å². The number of rotatable bonds is 8. The molecule has 56 heavy (non-hydrogen) atoms. The largest absolute Gasteiger partial charge is 0.455 e. The normalized spacial score (nSPS) is 11.2. The number of hydrogen-bond acceptors (Lipinski definition) is 2. The van der Waals surface area contributed by atoms with E-state index in [4.69, 9.17) is 4.42 Å². The first-order valence-corrected chi connectivity index (χ1v) is 19.1. The van der Waals surface area contributed by atoms with Gasteiger partial charge in [-0.15, -0.1) is 0 Å². The van der Waals surface area contributed by atoms with Gasteiger partial charge in [-0.1, -0.05) is 176 Å². The standard InChI is InChI=1S/C54H37NO/c1-3-13-38(14-4-1)40-25-31-45(32-26-40)55(46-33-27-41(28-34-46)44-18-11-17-43(37-44)39-15-5-2-6-16-39)47-35-29-42(30-36-47)48-19-7-8-20-49(48)51-22-12-23-52-50-21-9-10-24-53(50)56-54(51)52/h1-37H. The second-order valence-electron chi connectivity index (χ2n) is 14.1. The van der Waals surface area contributed by atoms with Gasteiger partial charge in [0.2, 0.25) is 0 Å². The summed E-state index contributed by atoms with van der Waals surface area (Å²) in [5.41, 5.74) is 16.8. The maximum absolute atomic E-state index is 6.47. The number of nitrogens with zero attached hydrogens (tertiary/aromatic N) is 1. The molecule has 0 fully saturated rings. The molecule has 2 heteroatoms. The van der Waals surface area contributed by atoms with Crippen molar-refractivity contribution in [3.63, 3.8) is 0 Å². The van der Waals surface area contributed by atoms with Crippen LogP contribution in [-0.2, 0) is 0 Å². The Balaban J connectivity index is 1.03. The van der Waals surface area contributed by atoms with Crippen LogP contribution >= 0.6 is 0 Å². The average Bonchev–Trinajstić information content (AvgIpc) is 3.67. The fourth-order valence-electron chi connectivity index (χ4n) is 7.91. The Bertz CT molecular complexity index is 2930. The number of anilines is 3. The second kappa shape index (κ2) is 14.4. The Morgan fingerprint density at radius 3 is 1.30 bits per heavy atom. The Morgan fingerprint density at radius 1 is 0.268 bits per heavy atom. The predicted octanol–water partition coefficient (Wildman–Crippen LogP) is 15.4. The van der Waals surface area contributed by atoms with Crippen LogP contribution in [0.25, 0.3) is 77.6 Å². The molecule has 264 valence electrons. The Morgan fingerprint density at radius 2 is 0.679 bits per heavy atom. The van der Waals surface area contributed by atoms with Crippen LogP contribution in [0.3, 0.4) is 0 Å². The third-order valence-corrected chi connectivity index (χ3v) is 10.7. The monoisotopic (exact) mass is 715 g/mol. The summed E-state index contributed by atoms with van der Waals surface area (Å²) in [6.45, 7) is 0. The minimum absolute atomic E-state index is 0.905. The van der Waals surface area contributed by atoms with Gasteiger partial charge in [0.05, 0.1) is 0 Å². The minimum Gasteiger partial charge on any atom is -0.455 e. The van der Waals surface area contributed by atoms with Crippen LogP contribution in [0, 0.1) is 0 Å². The number of benzene rings is 9. The fraction of sp³-hybridized carbons (Fsp3) is 0. The van der Waals surface area contributed by atoms with Gasteiger partial charge >= 0.3 is 0 Å². The van der Waals surface area contributed by atoms with Gasteiger partial charge in [-0.05, 0) is 98.6 Å². The molecule has 0 aliphatic carbocycles. The molecule has 0 spiro atoms. The highest BCUT2D eigenvalue weighted by atomic mass is 16.3. The summed E-state index contributed by atoms with van der Waals surface area (Å²) in [4.78, 5) is 2.34. The summed E-state index contributed by atoms with van der Waals surface area (Å²) in [5.74, 6) is 0. The summed E-state index contributed by atoms with van der Waals surface area (Å²) in [5, 5.41) is 2.27. The lowest BCUT2D eigenvalue weighted by Gasteiger charge is -2.26. The van der Waals surface area contributed by atoms with E-state index in [9.17, 15) is 0 Å². The molecule has 0 unspecified atom stereocenters. The van der Waals surface area contributed by atoms with Crippen LogP contribution < -0.4 is 4.90 Å². The van der Waals surface area contributed by atoms with Gasteiger partial charge in [-0.2, -0.15) is 0 Å². The molecule has 0 N–H and O–H groups in total. The second-order valence-corrected chi connectivity index (χ2v) is 14.1. The van der Waals surface area contributed by atoms with Crippen LogP contribution in [0.5, 0.6) is 0 Å². The van der Waals surface area contributed by atoms with Crippen LogP contribution in [0.1, 0.15) is 0 Å². The van der Waals surface area contributed by atoms with E-state index in [0.717, 1.165) is 61.3 Å². The highest BCUT2D eigenvalue weighted by molar-refractivity contribution is 6.10. The Labute approximate surface area is 327 Å². The van der Waals surface area contributed by atoms with Gasteiger partial charge < -0.3 is 9.32 Å². The Hall–Kier alpha value is -7.42. The number of hydrogen-bond donors (Lipinski definition) is 0. The zero-order chi connectivity index (χ0) is 37.3. The van der Waals surface area contributed by atoms with Crippen molar-refractivity contribution in [2.24, 2.45) is 0 Å². The summed E-state index contributed by atoms with van der Waals surface area (Å²) < 4.78 is 6.47. The van der Waals surface area contributed by atoms with E-state index >= 15 is 0 Å². The van der Waals surface area contributed by atoms with Gasteiger partial charge in [0.15, 0.2) is 0 Å². The molecule has 1 aromatic heterocycles. The number of para-hydroxylation sites is 2. The molecule has 9 aromatic carbocycles. The van der Waals surface area contributed by atoms with E-state index in [0.29, 0.717) is 0 Å². The van der Waals surface area contributed by atoms with E-state index in [-0.39, 0.29) is 0 Å². The molecule has 0 radical (unpaired) electrons. The topological polar surface area (TPSA) is 16.4 Å². The number of fused-ring (bicyclic) bond motifs is 3. The van der Waals surface area contributed by atoms with Gasteiger partial charge in [-0.25, -0.2) is 0 Å². The Kier molecular flexibility index (Phi) is 8.55. The van der Waals surface area contributed by atoms with Crippen molar-refractivity contribution >= 4 is 39.0 Å². The minimum atomic E-state index is 0.905. The molecule has 0 bridgehead atoms. The van der Waals surface area contributed by atoms with Crippen molar-refractivity contribution in [2.45, 2.75) is 0 Å². The molecule has 0 aliphatic rings. The summed E-state index contributed by atoms with van der Waals surface area (Å²) >= 11 is 0. The maximum Gasteiger partial charge on any atom is 0.143 e. The van der Waals surface area contributed by atoms with E-state index in [1.54, 1.807) is 0 Å². The summed E-state index contributed by atoms with van der Waals surface area (Å²) in [6, 6.07) is 80.0. The van der Waals surface area contributed by atoms with Crippen molar-refractivity contribution in [1.82, 2.24) is 0 Å². The molecule has 0 saturated carbocycles. The van der Waals surface area contributed by atoms with Crippen molar-refractivity contribution in [2.75, 3.05) is 4.90 Å². The smallest absolute Gasteiger partial charge is 0.143 e. The fourth-order valence-corrected chi connectivity index (χ4v) is 7.91. The van der Waals surface area contributed by atoms with Crippen molar-refractivity contribution in [1.29, 1.82) is 0 Å². The number of furan rings is 1. The van der Waals surface area contributed by atoms with E-state index < -0.39 is 0 Å². The van der Waals surface area contributed by atoms with E-state index in [1.165, 1.54) is 33.4 Å². The molecule has 10 aromatic rings. The van der Waals surface area contributed by atoms with E-state index in [2.05, 4.69) is 217 Å². The van der Waals surface area contributed by atoms with Gasteiger partial charge in [0.1, 0.15) is 11.2 Å². The molecule has 10 rings (SSSR count). The molecular weight excluding hydrogens is 679 g/mol. The molecule has 2 nitrogen and oxygen atoms in total. The first kappa shape index (κ1) is 33.2. The van der Waals surface area contributed by atoms with E-state index in [1.807, 2.05) is 12.1 Å². The third kappa shape index (κ3) is 6.24. The lowest BCUT2D eigenvalue weighted by atomic mass is 9.93. The lowest BCUT2D eigenvalue weighted by molar-refractivity contribution is 0.670. The highest BCUT2D eigenvalue weighted by Crippen LogP contribution is 2.42. The zero-order valence-corrected chi connectivity index (χ0v) is 30.7. The maximum atomic E-state index is 6.47. The summed E-state index contributed by atoms with van der Waals surface area (Å²) in [7, 11) is 0. The molecule has 0 amide bonds. The molecule has 0 aliphatic heterocycles. The van der Waals surface area contributed by atoms with Gasteiger partial charge in [0, 0.05) is 33.4 Å². The average molecular weight is 716 g/mol. The van der Waals surface area contributed by atoms with Crippen LogP contribution in [0.4, 0.5) is 17.1 Å². The lowest BCUT2D eigenvalue weighted by Crippen LogP contribution is -2.09. The summed E-state index contributed by atoms with van der Waals surface area (Å²) in [6.07, 6.45) is 0. The van der Waals surface area contributed by atoms with Crippen molar-refractivity contribution in [3.8, 4) is 55.6 Å². The molecule has 1 heterocycles. The predicted molar refractivity (Wildman–Crippen MR) is 236 cm³/mol. The van der Waals surface area contributed by atoms with Gasteiger partial charge in [-0.3, -0.25) is 0 Å². The molecule has 0 atom stereocenters. The van der Waals surface area contributed by atoms with Crippen molar-refractivity contribution in [3.05, 3.63) is 224 Å². The zero-order valence-electron chi connectivity index (χ0n) is 30.7. The first-order chi connectivity index (χ1) is 27.8.